The van der Waals surface area contributed by atoms with E-state index in [1.807, 2.05) is 36.6 Å². The van der Waals surface area contributed by atoms with Crippen molar-refractivity contribution >= 4 is 79.6 Å². The van der Waals surface area contributed by atoms with Gasteiger partial charge in [-0.3, -0.25) is 9.69 Å². The zero-order valence-electron chi connectivity index (χ0n) is 15.7. The number of para-hydroxylation sites is 1. The molecule has 3 aromatic rings. The van der Waals surface area contributed by atoms with E-state index in [9.17, 15) is 14.7 Å². The Hall–Kier alpha value is -2.14. The van der Waals surface area contributed by atoms with Crippen LogP contribution in [0.15, 0.2) is 45.7 Å². The number of thioether (sulfide) groups is 2. The van der Waals surface area contributed by atoms with E-state index < -0.39 is 17.9 Å². The summed E-state index contributed by atoms with van der Waals surface area (Å²) in [6.07, 6.45) is 3.82. The van der Waals surface area contributed by atoms with E-state index in [1.165, 1.54) is 28.0 Å². The van der Waals surface area contributed by atoms with Crippen LogP contribution in [0.2, 0.25) is 0 Å². The van der Waals surface area contributed by atoms with Crippen LogP contribution < -0.4 is 0 Å². The van der Waals surface area contributed by atoms with Gasteiger partial charge in [-0.1, -0.05) is 36.1 Å². The number of aromatic nitrogens is 1. The van der Waals surface area contributed by atoms with E-state index in [4.69, 9.17) is 16.6 Å². The summed E-state index contributed by atoms with van der Waals surface area (Å²) in [4.78, 5) is 30.6. The number of amides is 1. The lowest BCUT2D eigenvalue weighted by Gasteiger charge is -2.22. The number of thiocarbonyl (C=S) groups is 1. The van der Waals surface area contributed by atoms with Crippen molar-refractivity contribution in [3.05, 3.63) is 47.1 Å². The van der Waals surface area contributed by atoms with Crippen LogP contribution in [0.1, 0.15) is 12.2 Å². The highest BCUT2D eigenvalue weighted by atomic mass is 32.2. The summed E-state index contributed by atoms with van der Waals surface area (Å²) in [7, 11) is 0. The van der Waals surface area contributed by atoms with Gasteiger partial charge >= 0.3 is 5.97 Å². The molecule has 0 bridgehead atoms. The Morgan fingerprint density at radius 3 is 2.90 bits per heavy atom. The normalized spacial score (nSPS) is 16.7. The molecular weight excluding hydrogens is 460 g/mol. The van der Waals surface area contributed by atoms with E-state index in [1.54, 1.807) is 12.1 Å². The lowest BCUT2D eigenvalue weighted by Crippen LogP contribution is -2.44. The molecule has 3 heterocycles. The SMILES string of the molecule is CSCCC(C(=O)O)N1C(=O)/C(=C/c2ccc(-c3nc4ccccc4s3)o2)SC1=S. The number of fused-ring (bicyclic) bond motifs is 1. The number of carbonyl (C=O) groups is 2. The molecule has 1 aromatic carbocycles. The van der Waals surface area contributed by atoms with E-state index >= 15 is 0 Å². The average molecular weight is 477 g/mol. The first-order valence-corrected chi connectivity index (χ1v) is 12.4. The summed E-state index contributed by atoms with van der Waals surface area (Å²) < 4.78 is 7.19. The summed E-state index contributed by atoms with van der Waals surface area (Å²) in [6, 6.07) is 10.4. The first-order chi connectivity index (χ1) is 14.5. The molecule has 4 rings (SSSR count). The van der Waals surface area contributed by atoms with Crippen molar-refractivity contribution in [2.24, 2.45) is 0 Å². The molecule has 0 saturated carbocycles. The molecule has 10 heteroatoms. The molecule has 1 saturated heterocycles. The fourth-order valence-corrected chi connectivity index (χ4v) is 5.72. The van der Waals surface area contributed by atoms with Gasteiger partial charge in [0.25, 0.3) is 5.91 Å². The van der Waals surface area contributed by atoms with Gasteiger partial charge in [-0.05, 0) is 42.7 Å². The minimum absolute atomic E-state index is 0.248. The molecule has 6 nitrogen and oxygen atoms in total. The summed E-state index contributed by atoms with van der Waals surface area (Å²) in [6.45, 7) is 0. The van der Waals surface area contributed by atoms with Crippen molar-refractivity contribution < 1.29 is 19.1 Å². The predicted molar refractivity (Wildman–Crippen MR) is 127 cm³/mol. The second-order valence-corrected chi connectivity index (χ2v) is 10.1. The molecule has 1 unspecified atom stereocenters. The molecule has 0 radical (unpaired) electrons. The van der Waals surface area contributed by atoms with Crippen LogP contribution in [-0.2, 0) is 9.59 Å². The Labute approximate surface area is 190 Å². The number of hydrogen-bond acceptors (Lipinski definition) is 8. The first kappa shape index (κ1) is 21.1. The minimum atomic E-state index is -1.06. The van der Waals surface area contributed by atoms with Crippen LogP contribution in [0.5, 0.6) is 0 Å². The van der Waals surface area contributed by atoms with Gasteiger partial charge in [-0.15, -0.1) is 11.3 Å². The number of benzene rings is 1. The van der Waals surface area contributed by atoms with E-state index in [2.05, 4.69) is 4.98 Å². The van der Waals surface area contributed by atoms with Crippen LogP contribution >= 0.6 is 47.1 Å². The van der Waals surface area contributed by atoms with Crippen LogP contribution in [0, 0.1) is 0 Å². The Morgan fingerprint density at radius 2 is 2.17 bits per heavy atom. The number of nitrogens with zero attached hydrogens (tertiary/aromatic N) is 2. The monoisotopic (exact) mass is 476 g/mol. The molecule has 30 heavy (non-hydrogen) atoms. The van der Waals surface area contributed by atoms with Crippen molar-refractivity contribution in [2.45, 2.75) is 12.5 Å². The summed E-state index contributed by atoms with van der Waals surface area (Å²) in [5.74, 6) is 0.257. The lowest BCUT2D eigenvalue weighted by molar-refractivity contribution is -0.145. The van der Waals surface area contributed by atoms with Crippen LogP contribution in [0.4, 0.5) is 0 Å². The number of furan rings is 1. The van der Waals surface area contributed by atoms with Gasteiger partial charge in [0, 0.05) is 6.08 Å². The number of thiazole rings is 1. The summed E-state index contributed by atoms with van der Waals surface area (Å²) in [5.41, 5.74) is 0.904. The van der Waals surface area contributed by atoms with Gasteiger partial charge in [0.05, 0.1) is 15.1 Å². The second-order valence-electron chi connectivity index (χ2n) is 6.38. The minimum Gasteiger partial charge on any atom is -0.480 e. The third kappa shape index (κ3) is 4.18. The molecule has 1 N–H and O–H groups in total. The third-order valence-electron chi connectivity index (χ3n) is 4.42. The molecule has 1 aliphatic heterocycles. The lowest BCUT2D eigenvalue weighted by atomic mass is 10.2. The van der Waals surface area contributed by atoms with Gasteiger partial charge in [0.15, 0.2) is 10.8 Å². The maximum Gasteiger partial charge on any atom is 0.326 e. The highest BCUT2D eigenvalue weighted by Gasteiger charge is 2.40. The second kappa shape index (κ2) is 8.93. The Balaban J connectivity index is 1.57. The van der Waals surface area contributed by atoms with Crippen LogP contribution in [0.25, 0.3) is 27.1 Å². The molecule has 1 fully saturated rings. The third-order valence-corrected chi connectivity index (χ3v) is 7.45. The number of hydrogen-bond donors (Lipinski definition) is 1. The molecular formula is C20H16N2O4S4. The van der Waals surface area contributed by atoms with Crippen molar-refractivity contribution in [2.75, 3.05) is 12.0 Å². The first-order valence-electron chi connectivity index (χ1n) is 8.92. The highest BCUT2D eigenvalue weighted by molar-refractivity contribution is 8.26. The number of carboxylic acids is 1. The summed E-state index contributed by atoms with van der Waals surface area (Å²) >= 11 is 9.44. The number of carboxylic acid groups (broad SMARTS) is 1. The standard InChI is InChI=1S/C20H16N2O4S4/c1-28-9-8-13(19(24)25)22-18(23)16(30-20(22)27)10-11-6-7-14(26-11)17-21-12-4-2-3-5-15(12)29-17/h2-7,10,13H,8-9H2,1H3,(H,24,25)/b16-10-. The number of aliphatic carboxylic acids is 1. The van der Waals surface area contributed by atoms with Gasteiger partial charge in [0.1, 0.15) is 16.1 Å². The van der Waals surface area contributed by atoms with Gasteiger partial charge in [-0.2, -0.15) is 11.8 Å². The molecule has 154 valence electrons. The van der Waals surface area contributed by atoms with Crippen LogP contribution in [0.3, 0.4) is 0 Å². The highest BCUT2D eigenvalue weighted by Crippen LogP contribution is 2.36. The predicted octanol–water partition coefficient (Wildman–Crippen LogP) is 4.96. The van der Waals surface area contributed by atoms with Crippen molar-refractivity contribution in [1.82, 2.24) is 9.88 Å². The molecule has 1 amide bonds. The Bertz CT molecular complexity index is 1130. The van der Waals surface area contributed by atoms with Crippen molar-refractivity contribution in [3.63, 3.8) is 0 Å². The Kier molecular flexibility index (Phi) is 6.28. The average Bonchev–Trinajstić information content (AvgIpc) is 3.41. The number of carbonyl (C=O) groups excluding carboxylic acids is 1. The smallest absolute Gasteiger partial charge is 0.326 e. The molecule has 0 spiro atoms. The molecule has 1 atom stereocenters. The van der Waals surface area contributed by atoms with Gasteiger partial charge in [-0.25, -0.2) is 9.78 Å². The fraction of sp³-hybridized carbons (Fsp3) is 0.200. The topological polar surface area (TPSA) is 83.6 Å². The van der Waals surface area contributed by atoms with Gasteiger partial charge < -0.3 is 9.52 Å². The molecule has 0 aliphatic carbocycles. The fourth-order valence-electron chi connectivity index (χ4n) is 2.99. The van der Waals surface area contributed by atoms with E-state index in [-0.39, 0.29) is 4.32 Å². The quantitative estimate of drug-likeness (QED) is 0.378. The van der Waals surface area contributed by atoms with Crippen LogP contribution in [-0.4, -0.2) is 49.2 Å². The zero-order valence-corrected chi connectivity index (χ0v) is 19.0. The van der Waals surface area contributed by atoms with Gasteiger partial charge in [0.2, 0.25) is 0 Å². The van der Waals surface area contributed by atoms with Crippen molar-refractivity contribution in [1.29, 1.82) is 0 Å². The van der Waals surface area contributed by atoms with E-state index in [0.717, 1.165) is 27.0 Å². The zero-order chi connectivity index (χ0) is 21.3. The largest absolute Gasteiger partial charge is 0.480 e. The molecule has 1 aliphatic rings. The van der Waals surface area contributed by atoms with Crippen molar-refractivity contribution in [3.8, 4) is 10.8 Å². The summed E-state index contributed by atoms with van der Waals surface area (Å²) in [5, 5.41) is 10.3. The maximum atomic E-state index is 12.9. The molecule has 2 aromatic heterocycles. The number of rotatable bonds is 7. The maximum absolute atomic E-state index is 12.9. The Morgan fingerprint density at radius 1 is 1.37 bits per heavy atom. The van der Waals surface area contributed by atoms with E-state index in [0.29, 0.717) is 28.6 Å².